The zero-order chi connectivity index (χ0) is 13.3. The van der Waals surface area contributed by atoms with E-state index in [9.17, 15) is 8.42 Å². The average Bonchev–Trinajstić information content (AvgIpc) is 2.76. The molecule has 0 saturated carbocycles. The molecule has 0 aromatic carbocycles. The van der Waals surface area contributed by atoms with Crippen molar-refractivity contribution in [2.24, 2.45) is 5.92 Å². The minimum Gasteiger partial charge on any atom is -0.206 e. The molecule has 3 nitrogen and oxygen atoms in total. The number of alkyl halides is 1. The molecule has 1 aromatic heterocycles. The molecule has 0 N–H and O–H groups in total. The number of thiophene rings is 1. The van der Waals surface area contributed by atoms with Crippen LogP contribution in [0.1, 0.15) is 19.8 Å². The van der Waals surface area contributed by atoms with Crippen molar-refractivity contribution in [1.29, 1.82) is 0 Å². The summed E-state index contributed by atoms with van der Waals surface area (Å²) in [4.78, 5) is 0.454. The van der Waals surface area contributed by atoms with E-state index in [4.69, 9.17) is 0 Å². The van der Waals surface area contributed by atoms with E-state index in [1.165, 1.54) is 11.3 Å². The van der Waals surface area contributed by atoms with Crippen molar-refractivity contribution >= 4 is 53.2 Å². The maximum atomic E-state index is 12.4. The van der Waals surface area contributed by atoms with Gasteiger partial charge in [-0.1, -0.05) is 22.9 Å². The Kier molecular flexibility index (Phi) is 4.91. The average molecular weight is 417 g/mol. The Labute approximate surface area is 129 Å². The highest BCUT2D eigenvalue weighted by Gasteiger charge is 2.32. The van der Waals surface area contributed by atoms with Gasteiger partial charge in [0.2, 0.25) is 0 Å². The van der Waals surface area contributed by atoms with Crippen LogP contribution in [-0.4, -0.2) is 30.6 Å². The Morgan fingerprint density at radius 1 is 1.44 bits per heavy atom. The summed E-state index contributed by atoms with van der Waals surface area (Å²) < 4.78 is 27.6. The summed E-state index contributed by atoms with van der Waals surface area (Å²) in [6.07, 6.45) is 1.85. The van der Waals surface area contributed by atoms with Crippen LogP contribution in [-0.2, 0) is 10.0 Å². The van der Waals surface area contributed by atoms with Gasteiger partial charge in [-0.3, -0.25) is 0 Å². The number of hydrogen-bond donors (Lipinski definition) is 0. The Bertz CT molecular complexity index is 505. The molecular weight excluding hydrogens is 402 g/mol. The fourth-order valence-corrected chi connectivity index (χ4v) is 6.60. The van der Waals surface area contributed by atoms with Crippen LogP contribution >= 0.6 is 43.2 Å². The van der Waals surface area contributed by atoms with Gasteiger partial charge in [-0.2, -0.15) is 4.31 Å². The zero-order valence-corrected chi connectivity index (χ0v) is 14.8. The van der Waals surface area contributed by atoms with Gasteiger partial charge in [0.05, 0.1) is 0 Å². The van der Waals surface area contributed by atoms with E-state index < -0.39 is 10.0 Å². The van der Waals surface area contributed by atoms with Gasteiger partial charge in [0.1, 0.15) is 4.21 Å². The molecule has 0 amide bonds. The van der Waals surface area contributed by atoms with E-state index in [2.05, 4.69) is 38.8 Å². The lowest BCUT2D eigenvalue weighted by Gasteiger charge is -2.32. The summed E-state index contributed by atoms with van der Waals surface area (Å²) in [7, 11) is -3.31. The molecule has 7 heteroatoms. The van der Waals surface area contributed by atoms with Gasteiger partial charge in [0, 0.05) is 22.4 Å². The smallest absolute Gasteiger partial charge is 0.206 e. The quantitative estimate of drug-likeness (QED) is 0.704. The third-order valence-corrected chi connectivity index (χ3v) is 8.60. The molecule has 1 saturated heterocycles. The van der Waals surface area contributed by atoms with Crippen LogP contribution in [0.4, 0.5) is 0 Å². The van der Waals surface area contributed by atoms with Crippen LogP contribution in [0.15, 0.2) is 20.1 Å². The van der Waals surface area contributed by atoms with Crippen LogP contribution in [0.25, 0.3) is 0 Å². The Morgan fingerprint density at radius 3 is 2.50 bits per heavy atom. The topological polar surface area (TPSA) is 37.4 Å². The second-order valence-electron chi connectivity index (χ2n) is 4.48. The summed E-state index contributed by atoms with van der Waals surface area (Å²) >= 11 is 8.16. The SMILES string of the molecule is CC(Br)C1CCN(S(=O)(=O)c2sccc2Br)CC1. The standard InChI is InChI=1S/C11H15Br2NO2S2/c1-8(12)9-2-5-14(6-3-9)18(15,16)11-10(13)4-7-17-11/h4,7-9H,2-3,5-6H2,1H3. The minimum absolute atomic E-state index is 0.424. The maximum Gasteiger partial charge on any atom is 0.253 e. The molecule has 1 aliphatic rings. The third kappa shape index (κ3) is 3.00. The van der Waals surface area contributed by atoms with Gasteiger partial charge in [0.15, 0.2) is 0 Å². The van der Waals surface area contributed by atoms with Crippen LogP contribution < -0.4 is 0 Å². The van der Waals surface area contributed by atoms with Gasteiger partial charge >= 0.3 is 0 Å². The fraction of sp³-hybridized carbons (Fsp3) is 0.636. The van der Waals surface area contributed by atoms with Gasteiger partial charge < -0.3 is 0 Å². The minimum atomic E-state index is -3.31. The summed E-state index contributed by atoms with van der Waals surface area (Å²) in [5.41, 5.74) is 0. The molecule has 2 rings (SSSR count). The van der Waals surface area contributed by atoms with Crippen molar-refractivity contribution in [3.63, 3.8) is 0 Å². The summed E-state index contributed by atoms with van der Waals surface area (Å²) in [5.74, 6) is 0.572. The Balaban J connectivity index is 2.12. The van der Waals surface area contributed by atoms with E-state index in [1.54, 1.807) is 15.8 Å². The number of hydrogen-bond acceptors (Lipinski definition) is 3. The number of rotatable bonds is 3. The number of sulfonamides is 1. The summed E-state index contributed by atoms with van der Waals surface area (Å²) in [6, 6.07) is 1.78. The second kappa shape index (κ2) is 5.91. The number of piperidine rings is 1. The monoisotopic (exact) mass is 415 g/mol. The fourth-order valence-electron chi connectivity index (χ4n) is 2.16. The number of nitrogens with zero attached hydrogens (tertiary/aromatic N) is 1. The molecule has 0 spiro atoms. The first kappa shape index (κ1) is 15.0. The van der Waals surface area contributed by atoms with E-state index in [0.717, 1.165) is 12.8 Å². The van der Waals surface area contributed by atoms with Crippen LogP contribution in [0.2, 0.25) is 0 Å². The Morgan fingerprint density at radius 2 is 2.06 bits per heavy atom. The predicted molar refractivity (Wildman–Crippen MR) is 81.9 cm³/mol. The van der Waals surface area contributed by atoms with E-state index in [-0.39, 0.29) is 0 Å². The highest BCUT2D eigenvalue weighted by Crippen LogP contribution is 2.33. The molecule has 1 fully saturated rings. The maximum absolute atomic E-state index is 12.4. The summed E-state index contributed by atoms with van der Waals surface area (Å²) in [6.45, 7) is 3.37. The van der Waals surface area contributed by atoms with Crippen molar-refractivity contribution in [2.75, 3.05) is 13.1 Å². The molecule has 1 aromatic rings. The molecule has 0 radical (unpaired) electrons. The number of halogens is 2. The first-order valence-corrected chi connectivity index (χ1v) is 9.83. The first-order chi connectivity index (χ1) is 8.43. The first-order valence-electron chi connectivity index (χ1n) is 5.80. The molecule has 18 heavy (non-hydrogen) atoms. The Hall–Kier alpha value is 0.570. The largest absolute Gasteiger partial charge is 0.253 e. The molecule has 0 aliphatic carbocycles. The molecule has 102 valence electrons. The lowest BCUT2D eigenvalue weighted by molar-refractivity contribution is 0.275. The molecule has 1 atom stereocenters. The van der Waals surface area contributed by atoms with Crippen LogP contribution in [0.5, 0.6) is 0 Å². The van der Waals surface area contributed by atoms with Crippen molar-refractivity contribution in [1.82, 2.24) is 4.31 Å². The third-order valence-electron chi connectivity index (χ3n) is 3.31. The van der Waals surface area contributed by atoms with Crippen LogP contribution in [0, 0.1) is 5.92 Å². The molecular formula is C11H15Br2NO2S2. The molecule has 1 aliphatic heterocycles. The predicted octanol–water partition coefficient (Wildman–Crippen LogP) is 3.69. The highest BCUT2D eigenvalue weighted by atomic mass is 79.9. The second-order valence-corrected chi connectivity index (χ2v) is 9.82. The van der Waals surface area contributed by atoms with Gasteiger partial charge in [-0.15, -0.1) is 11.3 Å². The summed E-state index contributed by atoms with van der Waals surface area (Å²) in [5, 5.41) is 1.80. The molecule has 2 heterocycles. The van der Waals surface area contributed by atoms with E-state index in [1.807, 2.05) is 0 Å². The van der Waals surface area contributed by atoms with Crippen molar-refractivity contribution in [3.05, 3.63) is 15.9 Å². The van der Waals surface area contributed by atoms with Crippen molar-refractivity contribution in [2.45, 2.75) is 28.8 Å². The lowest BCUT2D eigenvalue weighted by atomic mass is 9.96. The van der Waals surface area contributed by atoms with E-state index in [0.29, 0.717) is 32.5 Å². The normalized spacial score (nSPS) is 21.1. The van der Waals surface area contributed by atoms with Crippen molar-refractivity contribution < 1.29 is 8.42 Å². The van der Waals surface area contributed by atoms with E-state index >= 15 is 0 Å². The van der Waals surface area contributed by atoms with Crippen LogP contribution in [0.3, 0.4) is 0 Å². The highest BCUT2D eigenvalue weighted by molar-refractivity contribution is 9.10. The van der Waals surface area contributed by atoms with Gasteiger partial charge in [-0.25, -0.2) is 8.42 Å². The van der Waals surface area contributed by atoms with Gasteiger partial charge in [0.25, 0.3) is 10.0 Å². The molecule has 1 unspecified atom stereocenters. The zero-order valence-electron chi connectivity index (χ0n) is 9.97. The van der Waals surface area contributed by atoms with Crippen molar-refractivity contribution in [3.8, 4) is 0 Å². The lowest BCUT2D eigenvalue weighted by Crippen LogP contribution is -2.39. The van der Waals surface area contributed by atoms with Gasteiger partial charge in [-0.05, 0) is 46.1 Å². The molecule has 0 bridgehead atoms.